The first-order valence-corrected chi connectivity index (χ1v) is 13.7. The number of nitrogens with one attached hydrogen (secondary N) is 1. The van der Waals surface area contributed by atoms with Crippen molar-refractivity contribution in [3.63, 3.8) is 0 Å². The number of aromatic nitrogens is 3. The van der Waals surface area contributed by atoms with Crippen molar-refractivity contribution in [3.8, 4) is 5.75 Å². The van der Waals surface area contributed by atoms with Gasteiger partial charge in [0, 0.05) is 11.4 Å². The number of thioether (sulfide) groups is 1. The van der Waals surface area contributed by atoms with Gasteiger partial charge in [0.25, 0.3) is 0 Å². The van der Waals surface area contributed by atoms with Crippen molar-refractivity contribution in [1.82, 2.24) is 14.8 Å². The maximum absolute atomic E-state index is 12.8. The van der Waals surface area contributed by atoms with Crippen LogP contribution in [0.1, 0.15) is 51.1 Å². The summed E-state index contributed by atoms with van der Waals surface area (Å²) in [5.41, 5.74) is 3.69. The van der Waals surface area contributed by atoms with Gasteiger partial charge >= 0.3 is 5.97 Å². The smallest absolute Gasteiger partial charge is 0.341 e. The molecule has 8 nitrogen and oxygen atoms in total. The number of hydrogen-bond acceptors (Lipinski definition) is 8. The van der Waals surface area contributed by atoms with Gasteiger partial charge in [-0.05, 0) is 62.8 Å². The molecule has 3 aromatic rings. The Hall–Kier alpha value is -3.11. The highest BCUT2D eigenvalue weighted by Crippen LogP contribution is 2.39. The van der Waals surface area contributed by atoms with Gasteiger partial charge in [-0.15, -0.1) is 28.1 Å². The second-order valence-corrected chi connectivity index (χ2v) is 10.5. The van der Waals surface area contributed by atoms with Gasteiger partial charge in [0.15, 0.2) is 11.0 Å². The Balaban J connectivity index is 1.42. The Morgan fingerprint density at radius 2 is 2.11 bits per heavy atom. The lowest BCUT2D eigenvalue weighted by molar-refractivity contribution is -0.113. The largest absolute Gasteiger partial charge is 0.485 e. The highest BCUT2D eigenvalue weighted by molar-refractivity contribution is 7.99. The number of amides is 1. The zero-order valence-corrected chi connectivity index (χ0v) is 22.4. The molecule has 4 rings (SSSR count). The Morgan fingerprint density at radius 1 is 1.28 bits per heavy atom. The Labute approximate surface area is 219 Å². The van der Waals surface area contributed by atoms with Crippen LogP contribution in [0.4, 0.5) is 5.00 Å². The minimum absolute atomic E-state index is 0.123. The number of carbonyl (C=O) groups is 2. The first-order chi connectivity index (χ1) is 17.4. The number of hydrogen-bond donors (Lipinski definition) is 1. The molecule has 1 aliphatic carbocycles. The number of rotatable bonds is 11. The number of allylic oxidation sites excluding steroid dienone is 1. The second-order valence-electron chi connectivity index (χ2n) is 8.47. The fourth-order valence-electron chi connectivity index (χ4n) is 4.05. The van der Waals surface area contributed by atoms with E-state index in [4.69, 9.17) is 9.47 Å². The normalized spacial score (nSPS) is 12.3. The molecule has 190 valence electrons. The van der Waals surface area contributed by atoms with Gasteiger partial charge in [0.05, 0.1) is 17.9 Å². The average molecular weight is 527 g/mol. The van der Waals surface area contributed by atoms with E-state index in [1.807, 2.05) is 36.6 Å². The van der Waals surface area contributed by atoms with Gasteiger partial charge < -0.3 is 14.8 Å². The molecule has 0 fully saturated rings. The number of nitrogens with zero attached hydrogens (tertiary/aromatic N) is 3. The van der Waals surface area contributed by atoms with Crippen LogP contribution in [-0.2, 0) is 35.5 Å². The maximum atomic E-state index is 12.8. The van der Waals surface area contributed by atoms with Crippen LogP contribution < -0.4 is 10.1 Å². The van der Waals surface area contributed by atoms with Crippen LogP contribution in [0.2, 0.25) is 0 Å². The lowest BCUT2D eigenvalue weighted by Crippen LogP contribution is -2.17. The zero-order chi connectivity index (χ0) is 25.7. The van der Waals surface area contributed by atoms with Gasteiger partial charge in [-0.25, -0.2) is 4.79 Å². The maximum Gasteiger partial charge on any atom is 0.341 e. The summed E-state index contributed by atoms with van der Waals surface area (Å²) < 4.78 is 13.1. The molecule has 0 radical (unpaired) electrons. The van der Waals surface area contributed by atoms with Gasteiger partial charge in [-0.3, -0.25) is 9.36 Å². The number of fused-ring (bicyclic) bond motifs is 1. The molecule has 0 atom stereocenters. The predicted octanol–water partition coefficient (Wildman–Crippen LogP) is 5.12. The number of anilines is 1. The molecule has 1 N–H and O–H groups in total. The quantitative estimate of drug-likeness (QED) is 0.211. The van der Waals surface area contributed by atoms with Crippen LogP contribution in [-0.4, -0.2) is 39.0 Å². The van der Waals surface area contributed by atoms with Crippen molar-refractivity contribution in [1.29, 1.82) is 0 Å². The monoisotopic (exact) mass is 526 g/mol. The van der Waals surface area contributed by atoms with E-state index in [9.17, 15) is 9.59 Å². The third kappa shape index (κ3) is 5.82. The van der Waals surface area contributed by atoms with Gasteiger partial charge in [0.2, 0.25) is 5.91 Å². The average Bonchev–Trinajstić information content (AvgIpc) is 3.53. The van der Waals surface area contributed by atoms with Crippen LogP contribution in [0, 0.1) is 13.8 Å². The minimum Gasteiger partial charge on any atom is -0.485 e. The van der Waals surface area contributed by atoms with Gasteiger partial charge in [-0.1, -0.05) is 30.0 Å². The second kappa shape index (κ2) is 11.7. The zero-order valence-electron chi connectivity index (χ0n) is 20.8. The van der Waals surface area contributed by atoms with Crippen LogP contribution >= 0.6 is 23.1 Å². The van der Waals surface area contributed by atoms with Crippen molar-refractivity contribution in [2.45, 2.75) is 58.3 Å². The van der Waals surface area contributed by atoms with E-state index in [1.54, 1.807) is 13.0 Å². The number of thiophene rings is 1. The summed E-state index contributed by atoms with van der Waals surface area (Å²) in [5, 5.41) is 12.6. The van der Waals surface area contributed by atoms with Crippen molar-refractivity contribution >= 4 is 40.0 Å². The van der Waals surface area contributed by atoms with E-state index in [-0.39, 0.29) is 24.2 Å². The summed E-state index contributed by atoms with van der Waals surface area (Å²) in [4.78, 5) is 26.5. The van der Waals surface area contributed by atoms with Crippen molar-refractivity contribution in [2.24, 2.45) is 0 Å². The molecule has 0 bridgehead atoms. The molecule has 0 saturated carbocycles. The van der Waals surface area contributed by atoms with E-state index in [0.29, 0.717) is 34.7 Å². The molecular formula is C26H30N4O4S2. The van der Waals surface area contributed by atoms with Crippen LogP contribution in [0.15, 0.2) is 36.0 Å². The summed E-state index contributed by atoms with van der Waals surface area (Å²) in [6.45, 7) is 10.7. The molecule has 10 heteroatoms. The summed E-state index contributed by atoms with van der Waals surface area (Å²) in [5.74, 6) is 0.985. The number of aryl methyl sites for hydroxylation is 3. The first-order valence-electron chi connectivity index (χ1n) is 11.9. The third-order valence-electron chi connectivity index (χ3n) is 5.79. The van der Waals surface area contributed by atoms with Crippen LogP contribution in [0.5, 0.6) is 5.75 Å². The molecule has 1 amide bonds. The van der Waals surface area contributed by atoms with Gasteiger partial charge in [-0.2, -0.15) is 0 Å². The summed E-state index contributed by atoms with van der Waals surface area (Å²) in [6.07, 6.45) is 4.54. The van der Waals surface area contributed by atoms with E-state index < -0.39 is 0 Å². The minimum atomic E-state index is -0.376. The Bertz CT molecular complexity index is 1280. The number of esters is 1. The van der Waals surface area contributed by atoms with Crippen molar-refractivity contribution in [3.05, 3.63) is 63.8 Å². The van der Waals surface area contributed by atoms with Crippen LogP contribution in [0.25, 0.3) is 0 Å². The number of benzene rings is 1. The molecule has 0 unspecified atom stereocenters. The van der Waals surface area contributed by atoms with Gasteiger partial charge in [0.1, 0.15) is 17.4 Å². The SMILES string of the molecule is C=CCn1c(COc2cc(C)ccc2C)nnc1SCC(=O)Nc1sc2c(c1C(=O)OCC)CCC2. The predicted molar refractivity (Wildman–Crippen MR) is 142 cm³/mol. The summed E-state index contributed by atoms with van der Waals surface area (Å²) in [7, 11) is 0. The fraction of sp³-hybridized carbons (Fsp3) is 0.385. The lowest BCUT2D eigenvalue weighted by Gasteiger charge is -2.11. The Kier molecular flexibility index (Phi) is 8.48. The number of carbonyl (C=O) groups excluding carboxylic acids is 2. The third-order valence-corrected chi connectivity index (χ3v) is 7.97. The highest BCUT2D eigenvalue weighted by atomic mass is 32.2. The van der Waals surface area contributed by atoms with E-state index in [2.05, 4.69) is 22.1 Å². The van der Waals surface area contributed by atoms with Crippen molar-refractivity contribution < 1.29 is 19.1 Å². The molecule has 0 aliphatic heterocycles. The topological polar surface area (TPSA) is 95.3 Å². The lowest BCUT2D eigenvalue weighted by atomic mass is 10.1. The molecule has 2 aromatic heterocycles. The van der Waals surface area contributed by atoms with Crippen molar-refractivity contribution in [2.75, 3.05) is 17.7 Å². The molecule has 0 saturated heterocycles. The van der Waals surface area contributed by atoms with Crippen LogP contribution in [0.3, 0.4) is 0 Å². The van der Waals surface area contributed by atoms with E-state index >= 15 is 0 Å². The van der Waals surface area contributed by atoms with E-state index in [1.165, 1.54) is 23.1 Å². The highest BCUT2D eigenvalue weighted by Gasteiger charge is 2.28. The number of ether oxygens (including phenoxy) is 2. The fourth-order valence-corrected chi connectivity index (χ4v) is 6.11. The molecule has 36 heavy (non-hydrogen) atoms. The summed E-state index contributed by atoms with van der Waals surface area (Å²) in [6, 6.07) is 6.06. The molecule has 1 aromatic carbocycles. The van der Waals surface area contributed by atoms with E-state index in [0.717, 1.165) is 46.6 Å². The first kappa shape index (κ1) is 26.0. The molecule has 2 heterocycles. The molecule has 0 spiro atoms. The molecule has 1 aliphatic rings. The molecular weight excluding hydrogens is 496 g/mol. The summed E-state index contributed by atoms with van der Waals surface area (Å²) >= 11 is 2.75. The standard InChI is InChI=1S/C26H30N4O4S2/c1-5-12-30-21(14-34-19-13-16(3)10-11-17(19)4)28-29-26(30)35-15-22(31)27-24-23(25(32)33-6-2)18-8-7-9-20(18)36-24/h5,10-11,13H,1,6-9,12,14-15H2,2-4H3,(H,27,31). The Morgan fingerprint density at radius 3 is 2.89 bits per heavy atom.